The minimum atomic E-state index is 0.0448. The summed E-state index contributed by atoms with van der Waals surface area (Å²) in [7, 11) is 3.63. The van der Waals surface area contributed by atoms with Crippen molar-refractivity contribution in [1.82, 2.24) is 4.90 Å². The maximum absolute atomic E-state index is 12.4. The number of carbonyl (C=O) groups is 1. The lowest BCUT2D eigenvalue weighted by Crippen LogP contribution is -2.40. The summed E-state index contributed by atoms with van der Waals surface area (Å²) in [6, 6.07) is 7.43. The zero-order valence-electron chi connectivity index (χ0n) is 11.4. The third kappa shape index (κ3) is 3.48. The summed E-state index contributed by atoms with van der Waals surface area (Å²) < 4.78 is 5.36. The van der Waals surface area contributed by atoms with Gasteiger partial charge in [-0.05, 0) is 43.9 Å². The molecule has 1 amide bonds. The fourth-order valence-corrected chi connectivity index (χ4v) is 2.85. The third-order valence-electron chi connectivity index (χ3n) is 3.92. The number of amides is 1. The smallest absolute Gasteiger partial charge is 0.253 e. The maximum atomic E-state index is 12.4. The molecule has 1 saturated carbocycles. The van der Waals surface area contributed by atoms with Gasteiger partial charge in [0, 0.05) is 30.8 Å². The highest BCUT2D eigenvalue weighted by Crippen LogP contribution is 2.25. The average Bonchev–Trinajstić information content (AvgIpc) is 2.46. The Balaban J connectivity index is 2.00. The molecule has 1 fully saturated rings. The van der Waals surface area contributed by atoms with Crippen LogP contribution in [0.5, 0.6) is 0 Å². The van der Waals surface area contributed by atoms with E-state index in [2.05, 4.69) is 0 Å². The van der Waals surface area contributed by atoms with Crippen LogP contribution in [0.4, 0.5) is 0 Å². The predicted octanol–water partition coefficient (Wildman–Crippen LogP) is 3.37. The summed E-state index contributed by atoms with van der Waals surface area (Å²) in [6.45, 7) is 0. The van der Waals surface area contributed by atoms with Gasteiger partial charge in [0.25, 0.3) is 5.91 Å². The highest BCUT2D eigenvalue weighted by atomic mass is 35.5. The molecule has 3 nitrogen and oxygen atoms in total. The van der Waals surface area contributed by atoms with E-state index in [4.69, 9.17) is 16.3 Å². The van der Waals surface area contributed by atoms with Crippen LogP contribution in [0.1, 0.15) is 36.0 Å². The second-order valence-corrected chi connectivity index (χ2v) is 5.53. The topological polar surface area (TPSA) is 29.5 Å². The van der Waals surface area contributed by atoms with Crippen LogP contribution in [0.3, 0.4) is 0 Å². The predicted molar refractivity (Wildman–Crippen MR) is 76.6 cm³/mol. The Bertz CT molecular complexity index is 442. The van der Waals surface area contributed by atoms with Gasteiger partial charge in [-0.25, -0.2) is 0 Å². The van der Waals surface area contributed by atoms with Crippen molar-refractivity contribution in [3.63, 3.8) is 0 Å². The quantitative estimate of drug-likeness (QED) is 0.850. The average molecular weight is 282 g/mol. The molecule has 104 valence electrons. The summed E-state index contributed by atoms with van der Waals surface area (Å²) in [5, 5.41) is 0.599. The monoisotopic (exact) mass is 281 g/mol. The lowest BCUT2D eigenvalue weighted by molar-refractivity contribution is 0.0386. The highest BCUT2D eigenvalue weighted by molar-refractivity contribution is 6.30. The van der Waals surface area contributed by atoms with Crippen molar-refractivity contribution in [2.75, 3.05) is 14.2 Å². The number of nitrogens with zero attached hydrogens (tertiary/aromatic N) is 1. The molecule has 0 radical (unpaired) electrons. The summed E-state index contributed by atoms with van der Waals surface area (Å²) in [6.07, 6.45) is 4.40. The Morgan fingerprint density at radius 3 is 2.58 bits per heavy atom. The summed E-state index contributed by atoms with van der Waals surface area (Å²) in [4.78, 5) is 14.2. The molecule has 4 heteroatoms. The van der Waals surface area contributed by atoms with E-state index >= 15 is 0 Å². The molecule has 1 aromatic rings. The summed E-state index contributed by atoms with van der Waals surface area (Å²) in [5.41, 5.74) is 0.656. The molecule has 19 heavy (non-hydrogen) atoms. The van der Waals surface area contributed by atoms with Gasteiger partial charge in [0.1, 0.15) is 0 Å². The van der Waals surface area contributed by atoms with Crippen LogP contribution in [-0.4, -0.2) is 37.1 Å². The standard InChI is InChI=1S/C15H20ClNO2/c1-17(13-6-8-14(19-2)9-7-13)15(18)11-4-3-5-12(16)10-11/h3-5,10,13-14H,6-9H2,1-2H3. The van der Waals surface area contributed by atoms with Crippen molar-refractivity contribution in [1.29, 1.82) is 0 Å². The molecule has 0 atom stereocenters. The summed E-state index contributed by atoms with van der Waals surface area (Å²) >= 11 is 5.93. The Morgan fingerprint density at radius 1 is 1.32 bits per heavy atom. The van der Waals surface area contributed by atoms with Gasteiger partial charge in [0.15, 0.2) is 0 Å². The van der Waals surface area contributed by atoms with Gasteiger partial charge in [-0.2, -0.15) is 0 Å². The number of hydrogen-bond acceptors (Lipinski definition) is 2. The molecule has 1 aliphatic rings. The Kier molecular flexibility index (Phi) is 4.83. The molecule has 0 saturated heterocycles. The van der Waals surface area contributed by atoms with E-state index in [1.165, 1.54) is 0 Å². The molecular weight excluding hydrogens is 262 g/mol. The van der Waals surface area contributed by atoms with Gasteiger partial charge in [-0.15, -0.1) is 0 Å². The van der Waals surface area contributed by atoms with E-state index in [1.54, 1.807) is 19.2 Å². The summed E-state index contributed by atoms with van der Waals surface area (Å²) in [5.74, 6) is 0.0448. The fraction of sp³-hybridized carbons (Fsp3) is 0.533. The van der Waals surface area contributed by atoms with Crippen molar-refractivity contribution in [3.8, 4) is 0 Å². The van der Waals surface area contributed by atoms with Gasteiger partial charge in [-0.1, -0.05) is 17.7 Å². The minimum absolute atomic E-state index is 0.0448. The van der Waals surface area contributed by atoms with Crippen molar-refractivity contribution in [3.05, 3.63) is 34.9 Å². The van der Waals surface area contributed by atoms with E-state index in [1.807, 2.05) is 24.1 Å². The van der Waals surface area contributed by atoms with Crippen LogP contribution in [0, 0.1) is 0 Å². The number of carbonyl (C=O) groups excluding carboxylic acids is 1. The SMILES string of the molecule is COC1CCC(N(C)C(=O)c2cccc(Cl)c2)CC1. The zero-order valence-corrected chi connectivity index (χ0v) is 12.2. The maximum Gasteiger partial charge on any atom is 0.253 e. The number of rotatable bonds is 3. The van der Waals surface area contributed by atoms with Gasteiger partial charge in [-0.3, -0.25) is 4.79 Å². The Labute approximate surface area is 119 Å². The van der Waals surface area contributed by atoms with Gasteiger partial charge < -0.3 is 9.64 Å². The first-order valence-electron chi connectivity index (χ1n) is 6.67. The van der Waals surface area contributed by atoms with E-state index in [9.17, 15) is 4.79 Å². The molecule has 0 heterocycles. The molecule has 0 N–H and O–H groups in total. The first kappa shape index (κ1) is 14.4. The second kappa shape index (κ2) is 6.40. The molecule has 0 aromatic heterocycles. The molecule has 0 bridgehead atoms. The molecule has 0 unspecified atom stereocenters. The molecule has 0 spiro atoms. The lowest BCUT2D eigenvalue weighted by atomic mass is 9.92. The number of ether oxygens (including phenoxy) is 1. The van der Waals surface area contributed by atoms with E-state index < -0.39 is 0 Å². The van der Waals surface area contributed by atoms with Crippen LogP contribution >= 0.6 is 11.6 Å². The third-order valence-corrected chi connectivity index (χ3v) is 4.15. The van der Waals surface area contributed by atoms with Crippen LogP contribution in [-0.2, 0) is 4.74 Å². The fourth-order valence-electron chi connectivity index (χ4n) is 2.66. The number of halogens is 1. The van der Waals surface area contributed by atoms with E-state index in [0.29, 0.717) is 22.7 Å². The second-order valence-electron chi connectivity index (χ2n) is 5.09. The number of methoxy groups -OCH3 is 1. The highest BCUT2D eigenvalue weighted by Gasteiger charge is 2.26. The van der Waals surface area contributed by atoms with Crippen LogP contribution in [0.15, 0.2) is 24.3 Å². The van der Waals surface area contributed by atoms with Crippen LogP contribution in [0.2, 0.25) is 5.02 Å². The molecule has 0 aliphatic heterocycles. The normalized spacial score (nSPS) is 23.1. The minimum Gasteiger partial charge on any atom is -0.381 e. The van der Waals surface area contributed by atoms with Crippen molar-refractivity contribution >= 4 is 17.5 Å². The molecule has 1 aromatic carbocycles. The molecular formula is C15H20ClNO2. The van der Waals surface area contributed by atoms with Crippen molar-refractivity contribution in [2.24, 2.45) is 0 Å². The van der Waals surface area contributed by atoms with Crippen molar-refractivity contribution in [2.45, 2.75) is 37.8 Å². The lowest BCUT2D eigenvalue weighted by Gasteiger charge is -2.34. The number of hydrogen-bond donors (Lipinski definition) is 0. The molecule has 1 aliphatic carbocycles. The van der Waals surface area contributed by atoms with Crippen molar-refractivity contribution < 1.29 is 9.53 Å². The van der Waals surface area contributed by atoms with E-state index in [0.717, 1.165) is 25.7 Å². The van der Waals surface area contributed by atoms with E-state index in [-0.39, 0.29) is 5.91 Å². The Hall–Kier alpha value is -1.06. The zero-order chi connectivity index (χ0) is 13.8. The van der Waals surface area contributed by atoms with Gasteiger partial charge in [0.05, 0.1) is 6.10 Å². The first-order chi connectivity index (χ1) is 9.11. The number of benzene rings is 1. The Morgan fingerprint density at radius 2 is 2.00 bits per heavy atom. The van der Waals surface area contributed by atoms with Gasteiger partial charge >= 0.3 is 0 Å². The van der Waals surface area contributed by atoms with Gasteiger partial charge in [0.2, 0.25) is 0 Å². The first-order valence-corrected chi connectivity index (χ1v) is 7.05. The molecule has 2 rings (SSSR count). The van der Waals surface area contributed by atoms with Crippen LogP contribution in [0.25, 0.3) is 0 Å². The largest absolute Gasteiger partial charge is 0.381 e. The van der Waals surface area contributed by atoms with Crippen LogP contribution < -0.4 is 0 Å².